The topological polar surface area (TPSA) is 46.2 Å². The molecule has 0 radical (unpaired) electrons. The van der Waals surface area contributed by atoms with Crippen molar-refractivity contribution in [3.8, 4) is 0 Å². The molecule has 5 heteroatoms. The normalized spacial score (nSPS) is 10.2. The zero-order valence-electron chi connectivity index (χ0n) is 10.6. The maximum Gasteiger partial charge on any atom is 0.258 e. The summed E-state index contributed by atoms with van der Waals surface area (Å²) in [4.78, 5) is 23.2. The Morgan fingerprint density at radius 1 is 1.15 bits per heavy atom. The number of benzene rings is 2. The van der Waals surface area contributed by atoms with Gasteiger partial charge in [-0.05, 0) is 37.3 Å². The summed E-state index contributed by atoms with van der Waals surface area (Å²) < 4.78 is 13.6. The molecule has 2 aromatic rings. The van der Waals surface area contributed by atoms with Crippen LogP contribution in [0.4, 0.5) is 10.1 Å². The molecule has 2 aromatic carbocycles. The Labute approximate surface area is 120 Å². The minimum atomic E-state index is -0.697. The molecule has 1 amide bonds. The molecule has 0 fully saturated rings. The van der Waals surface area contributed by atoms with E-state index in [4.69, 9.17) is 11.6 Å². The predicted octanol–water partition coefficient (Wildman–Crippen LogP) is 3.93. The van der Waals surface area contributed by atoms with Gasteiger partial charge in [0.1, 0.15) is 5.82 Å². The molecule has 2 rings (SSSR count). The van der Waals surface area contributed by atoms with Crippen LogP contribution in [0.3, 0.4) is 0 Å². The molecule has 1 N–H and O–H groups in total. The Kier molecular flexibility index (Phi) is 4.15. The first-order valence-electron chi connectivity index (χ1n) is 5.85. The third-order valence-electron chi connectivity index (χ3n) is 2.70. The van der Waals surface area contributed by atoms with E-state index in [1.54, 1.807) is 18.2 Å². The molecular formula is C15H11ClFNO2. The van der Waals surface area contributed by atoms with Gasteiger partial charge in [-0.15, -0.1) is 0 Å². The van der Waals surface area contributed by atoms with Crippen LogP contribution < -0.4 is 5.32 Å². The smallest absolute Gasteiger partial charge is 0.258 e. The van der Waals surface area contributed by atoms with Crippen molar-refractivity contribution >= 4 is 29.0 Å². The lowest BCUT2D eigenvalue weighted by Crippen LogP contribution is -2.14. The van der Waals surface area contributed by atoms with E-state index in [1.807, 2.05) is 0 Å². The molecular weight excluding hydrogens is 281 g/mol. The minimum Gasteiger partial charge on any atom is -0.322 e. The van der Waals surface area contributed by atoms with Crippen LogP contribution in [0.15, 0.2) is 42.5 Å². The Morgan fingerprint density at radius 3 is 2.55 bits per heavy atom. The molecule has 20 heavy (non-hydrogen) atoms. The van der Waals surface area contributed by atoms with Crippen LogP contribution in [0.1, 0.15) is 27.6 Å². The predicted molar refractivity (Wildman–Crippen MR) is 75.8 cm³/mol. The summed E-state index contributed by atoms with van der Waals surface area (Å²) in [5.41, 5.74) is 0.791. The van der Waals surface area contributed by atoms with Crippen LogP contribution in [-0.2, 0) is 0 Å². The summed E-state index contributed by atoms with van der Waals surface area (Å²) in [7, 11) is 0. The van der Waals surface area contributed by atoms with Gasteiger partial charge in [-0.1, -0.05) is 23.7 Å². The lowest BCUT2D eigenvalue weighted by atomic mass is 10.1. The quantitative estimate of drug-likeness (QED) is 0.871. The molecule has 0 atom stereocenters. The van der Waals surface area contributed by atoms with Crippen LogP contribution in [0.25, 0.3) is 0 Å². The van der Waals surface area contributed by atoms with E-state index < -0.39 is 11.7 Å². The molecule has 0 aliphatic carbocycles. The van der Waals surface area contributed by atoms with Gasteiger partial charge >= 0.3 is 0 Å². The van der Waals surface area contributed by atoms with E-state index in [9.17, 15) is 14.0 Å². The van der Waals surface area contributed by atoms with Gasteiger partial charge in [-0.3, -0.25) is 9.59 Å². The van der Waals surface area contributed by atoms with E-state index in [2.05, 4.69) is 5.32 Å². The lowest BCUT2D eigenvalue weighted by Gasteiger charge is -2.07. The number of ketones is 1. The van der Waals surface area contributed by atoms with Crippen molar-refractivity contribution in [2.75, 3.05) is 5.32 Å². The molecule has 0 aliphatic heterocycles. The maximum absolute atomic E-state index is 13.6. The minimum absolute atomic E-state index is 0.109. The molecule has 0 aromatic heterocycles. The SMILES string of the molecule is CC(=O)c1cccc(NC(=O)c2ccc(Cl)cc2F)c1. The van der Waals surface area contributed by atoms with Gasteiger partial charge < -0.3 is 5.32 Å². The van der Waals surface area contributed by atoms with Gasteiger partial charge in [0.15, 0.2) is 5.78 Å². The molecule has 102 valence electrons. The highest BCUT2D eigenvalue weighted by Gasteiger charge is 2.12. The summed E-state index contributed by atoms with van der Waals surface area (Å²) in [6.07, 6.45) is 0. The van der Waals surface area contributed by atoms with Crippen molar-refractivity contribution in [2.45, 2.75) is 6.92 Å². The van der Waals surface area contributed by atoms with Crippen molar-refractivity contribution in [1.82, 2.24) is 0 Å². The fourth-order valence-corrected chi connectivity index (χ4v) is 1.85. The molecule has 3 nitrogen and oxygen atoms in total. The van der Waals surface area contributed by atoms with E-state index in [0.29, 0.717) is 11.3 Å². The van der Waals surface area contributed by atoms with E-state index in [0.717, 1.165) is 6.07 Å². The zero-order valence-corrected chi connectivity index (χ0v) is 11.4. The first kappa shape index (κ1) is 14.2. The van der Waals surface area contributed by atoms with Crippen molar-refractivity contribution in [3.05, 3.63) is 64.4 Å². The maximum atomic E-state index is 13.6. The van der Waals surface area contributed by atoms with Crippen LogP contribution in [0.5, 0.6) is 0 Å². The number of Topliss-reactive ketones (excluding diaryl/α,β-unsaturated/α-hetero) is 1. The number of carbonyl (C=O) groups is 2. The van der Waals surface area contributed by atoms with Gasteiger partial charge in [-0.25, -0.2) is 4.39 Å². The van der Waals surface area contributed by atoms with E-state index in [1.165, 1.54) is 25.1 Å². The summed E-state index contributed by atoms with van der Waals surface area (Å²) >= 11 is 5.63. The Hall–Kier alpha value is -2.20. The Balaban J connectivity index is 2.23. The van der Waals surface area contributed by atoms with Gasteiger partial charge in [0.25, 0.3) is 5.91 Å². The van der Waals surface area contributed by atoms with Gasteiger partial charge in [-0.2, -0.15) is 0 Å². The molecule has 0 saturated carbocycles. The summed E-state index contributed by atoms with van der Waals surface area (Å²) in [5.74, 6) is -1.41. The van der Waals surface area contributed by atoms with E-state index >= 15 is 0 Å². The third kappa shape index (κ3) is 3.22. The average Bonchev–Trinajstić information content (AvgIpc) is 2.38. The average molecular weight is 292 g/mol. The van der Waals surface area contributed by atoms with Crippen molar-refractivity contribution in [2.24, 2.45) is 0 Å². The second kappa shape index (κ2) is 5.84. The number of rotatable bonds is 3. The number of nitrogens with one attached hydrogen (secondary N) is 1. The Morgan fingerprint density at radius 2 is 1.90 bits per heavy atom. The van der Waals surface area contributed by atoms with Crippen LogP contribution in [-0.4, -0.2) is 11.7 Å². The van der Waals surface area contributed by atoms with Crippen molar-refractivity contribution < 1.29 is 14.0 Å². The molecule has 0 spiro atoms. The molecule has 0 heterocycles. The molecule has 0 unspecified atom stereocenters. The summed E-state index contributed by atoms with van der Waals surface area (Å²) in [6, 6.07) is 10.3. The lowest BCUT2D eigenvalue weighted by molar-refractivity contribution is 0.100. The number of hydrogen-bond donors (Lipinski definition) is 1. The number of carbonyl (C=O) groups excluding carboxylic acids is 2. The Bertz CT molecular complexity index is 685. The first-order valence-corrected chi connectivity index (χ1v) is 6.22. The highest BCUT2D eigenvalue weighted by molar-refractivity contribution is 6.30. The number of amides is 1. The van der Waals surface area contributed by atoms with Crippen LogP contribution in [0.2, 0.25) is 5.02 Å². The molecule has 0 saturated heterocycles. The molecule has 0 bridgehead atoms. The van der Waals surface area contributed by atoms with Gasteiger partial charge in [0.2, 0.25) is 0 Å². The number of anilines is 1. The molecule has 0 aliphatic rings. The van der Waals surface area contributed by atoms with Gasteiger partial charge in [0, 0.05) is 16.3 Å². The van der Waals surface area contributed by atoms with Crippen LogP contribution >= 0.6 is 11.6 Å². The van der Waals surface area contributed by atoms with E-state index in [-0.39, 0.29) is 16.4 Å². The highest BCUT2D eigenvalue weighted by Crippen LogP contribution is 2.17. The summed E-state index contributed by atoms with van der Waals surface area (Å²) in [6.45, 7) is 1.43. The zero-order chi connectivity index (χ0) is 14.7. The largest absolute Gasteiger partial charge is 0.322 e. The standard InChI is InChI=1S/C15H11ClFNO2/c1-9(19)10-3-2-4-12(7-10)18-15(20)13-6-5-11(16)8-14(13)17/h2-8H,1H3,(H,18,20). The number of halogens is 2. The fourth-order valence-electron chi connectivity index (χ4n) is 1.69. The first-order chi connectivity index (χ1) is 9.47. The van der Waals surface area contributed by atoms with Crippen molar-refractivity contribution in [3.63, 3.8) is 0 Å². The van der Waals surface area contributed by atoms with Gasteiger partial charge in [0.05, 0.1) is 5.56 Å². The third-order valence-corrected chi connectivity index (χ3v) is 2.94. The van der Waals surface area contributed by atoms with Crippen molar-refractivity contribution in [1.29, 1.82) is 0 Å². The summed E-state index contributed by atoms with van der Waals surface area (Å²) in [5, 5.41) is 2.76. The monoisotopic (exact) mass is 291 g/mol. The highest BCUT2D eigenvalue weighted by atomic mass is 35.5. The fraction of sp³-hybridized carbons (Fsp3) is 0.0667. The second-order valence-electron chi connectivity index (χ2n) is 4.22. The van der Waals surface area contributed by atoms with Crippen LogP contribution in [0, 0.1) is 5.82 Å². The second-order valence-corrected chi connectivity index (χ2v) is 4.65. The number of hydrogen-bond acceptors (Lipinski definition) is 2.